The summed E-state index contributed by atoms with van der Waals surface area (Å²) in [6.07, 6.45) is -4.58. The summed E-state index contributed by atoms with van der Waals surface area (Å²) in [6.45, 7) is 0. The number of rotatable bonds is 4. The number of hydrogen-bond donors (Lipinski definition) is 0. The minimum absolute atomic E-state index is 0.0170. The summed E-state index contributed by atoms with van der Waals surface area (Å²) in [5.74, 6) is -0.368. The molecule has 8 heteroatoms. The number of halogens is 4. The summed E-state index contributed by atoms with van der Waals surface area (Å²) in [7, 11) is 1.21. The molecule has 0 aliphatic heterocycles. The molecule has 0 atom stereocenters. The van der Waals surface area contributed by atoms with E-state index < -0.39 is 17.7 Å². The van der Waals surface area contributed by atoms with E-state index in [0.717, 1.165) is 18.2 Å². The molecular formula is C17H11ClF3NO3. The Morgan fingerprint density at radius 2 is 1.96 bits per heavy atom. The van der Waals surface area contributed by atoms with Crippen LogP contribution in [0.2, 0.25) is 5.02 Å². The molecule has 25 heavy (non-hydrogen) atoms. The third kappa shape index (κ3) is 4.43. The quantitative estimate of drug-likeness (QED) is 0.711. The van der Waals surface area contributed by atoms with E-state index in [-0.39, 0.29) is 28.5 Å². The standard InChI is InChI=1S/C17H11ClF3NO3/c1-24-16(23)13-4-3-12(8-10(13)6-7-22)25-15-5-2-11(9-14(15)18)17(19,20)21/h2-5,8-9H,6H2,1H3. The molecule has 0 amide bonds. The highest BCUT2D eigenvalue weighted by Crippen LogP contribution is 2.36. The smallest absolute Gasteiger partial charge is 0.416 e. The molecule has 2 aromatic carbocycles. The molecule has 2 aromatic rings. The Balaban J connectivity index is 2.33. The van der Waals surface area contributed by atoms with Gasteiger partial charge >= 0.3 is 12.1 Å². The lowest BCUT2D eigenvalue weighted by Gasteiger charge is -2.12. The number of benzene rings is 2. The Bertz CT molecular complexity index is 844. The number of methoxy groups -OCH3 is 1. The lowest BCUT2D eigenvalue weighted by atomic mass is 10.0. The van der Waals surface area contributed by atoms with Crippen LogP contribution in [0.25, 0.3) is 0 Å². The average Bonchev–Trinajstić information content (AvgIpc) is 2.55. The van der Waals surface area contributed by atoms with Crippen molar-refractivity contribution in [3.63, 3.8) is 0 Å². The van der Waals surface area contributed by atoms with Crippen LogP contribution >= 0.6 is 11.6 Å². The van der Waals surface area contributed by atoms with Crippen molar-refractivity contribution in [1.29, 1.82) is 5.26 Å². The van der Waals surface area contributed by atoms with Gasteiger partial charge in [-0.15, -0.1) is 0 Å². The maximum Gasteiger partial charge on any atom is 0.416 e. The van der Waals surface area contributed by atoms with Gasteiger partial charge in [-0.25, -0.2) is 4.79 Å². The number of ether oxygens (including phenoxy) is 2. The topological polar surface area (TPSA) is 59.3 Å². The van der Waals surface area contributed by atoms with Crippen LogP contribution in [0, 0.1) is 11.3 Å². The number of nitrogens with zero attached hydrogens (tertiary/aromatic N) is 1. The summed E-state index contributed by atoms with van der Waals surface area (Å²) < 4.78 is 48.0. The maximum atomic E-state index is 12.6. The van der Waals surface area contributed by atoms with Crippen molar-refractivity contribution in [2.45, 2.75) is 12.6 Å². The average molecular weight is 370 g/mol. The first kappa shape index (κ1) is 18.6. The molecule has 4 nitrogen and oxygen atoms in total. The molecule has 0 bridgehead atoms. The van der Waals surface area contributed by atoms with E-state index in [2.05, 4.69) is 4.74 Å². The van der Waals surface area contributed by atoms with Crippen LogP contribution in [0.1, 0.15) is 21.5 Å². The fourth-order valence-corrected chi connectivity index (χ4v) is 2.28. The molecule has 0 aliphatic carbocycles. The van der Waals surface area contributed by atoms with E-state index in [9.17, 15) is 18.0 Å². The van der Waals surface area contributed by atoms with Crippen LogP contribution < -0.4 is 4.74 Å². The van der Waals surface area contributed by atoms with Crippen LogP contribution in [0.4, 0.5) is 13.2 Å². The van der Waals surface area contributed by atoms with E-state index in [0.29, 0.717) is 5.56 Å². The van der Waals surface area contributed by atoms with Crippen molar-refractivity contribution in [3.8, 4) is 17.6 Å². The zero-order valence-electron chi connectivity index (χ0n) is 12.9. The monoisotopic (exact) mass is 369 g/mol. The van der Waals surface area contributed by atoms with E-state index in [4.69, 9.17) is 21.6 Å². The van der Waals surface area contributed by atoms with Crippen molar-refractivity contribution < 1.29 is 27.4 Å². The first-order chi connectivity index (χ1) is 11.8. The normalized spacial score (nSPS) is 10.9. The molecule has 0 N–H and O–H groups in total. The van der Waals surface area contributed by atoms with E-state index in [1.54, 1.807) is 0 Å². The Labute approximate surface area is 146 Å². The zero-order valence-corrected chi connectivity index (χ0v) is 13.6. The summed E-state index contributed by atoms with van der Waals surface area (Å²) in [5.41, 5.74) is -0.319. The second-order valence-corrected chi connectivity index (χ2v) is 5.30. The van der Waals surface area contributed by atoms with Gasteiger partial charge in [0.2, 0.25) is 0 Å². The van der Waals surface area contributed by atoms with Crippen LogP contribution in [0.5, 0.6) is 11.5 Å². The molecular weight excluding hydrogens is 359 g/mol. The van der Waals surface area contributed by atoms with Gasteiger partial charge in [-0.05, 0) is 42.0 Å². The van der Waals surface area contributed by atoms with Gasteiger partial charge in [0.25, 0.3) is 0 Å². The van der Waals surface area contributed by atoms with Crippen molar-refractivity contribution in [2.75, 3.05) is 7.11 Å². The van der Waals surface area contributed by atoms with Gasteiger partial charge in [-0.2, -0.15) is 18.4 Å². The van der Waals surface area contributed by atoms with Gasteiger partial charge in [-0.3, -0.25) is 0 Å². The molecule has 0 aliphatic rings. The lowest BCUT2D eigenvalue weighted by molar-refractivity contribution is -0.137. The molecule has 0 fully saturated rings. The predicted molar refractivity (Wildman–Crippen MR) is 83.6 cm³/mol. The SMILES string of the molecule is COC(=O)c1ccc(Oc2ccc(C(F)(F)F)cc2Cl)cc1CC#N. The van der Waals surface area contributed by atoms with E-state index in [1.165, 1.54) is 25.3 Å². The molecule has 0 saturated carbocycles. The Morgan fingerprint density at radius 3 is 2.52 bits per heavy atom. The minimum Gasteiger partial charge on any atom is -0.465 e. The molecule has 2 rings (SSSR count). The molecule has 0 spiro atoms. The second-order valence-electron chi connectivity index (χ2n) is 4.89. The van der Waals surface area contributed by atoms with Gasteiger partial charge in [0.1, 0.15) is 11.5 Å². The first-order valence-electron chi connectivity index (χ1n) is 6.89. The molecule has 0 unspecified atom stereocenters. The number of carbonyl (C=O) groups excluding carboxylic acids is 1. The van der Waals surface area contributed by atoms with Crippen LogP contribution in [0.3, 0.4) is 0 Å². The molecule has 0 radical (unpaired) electrons. The lowest BCUT2D eigenvalue weighted by Crippen LogP contribution is -2.06. The van der Waals surface area contributed by atoms with Crippen LogP contribution in [-0.4, -0.2) is 13.1 Å². The highest BCUT2D eigenvalue weighted by Gasteiger charge is 2.31. The maximum absolute atomic E-state index is 12.6. The number of carbonyl (C=O) groups is 1. The van der Waals surface area contributed by atoms with Crippen LogP contribution in [-0.2, 0) is 17.3 Å². The minimum atomic E-state index is -4.51. The summed E-state index contributed by atoms with van der Waals surface area (Å²) in [5, 5.41) is 8.65. The number of nitriles is 1. The Morgan fingerprint density at radius 1 is 1.24 bits per heavy atom. The highest BCUT2D eigenvalue weighted by molar-refractivity contribution is 6.32. The van der Waals surface area contributed by atoms with Gasteiger partial charge in [0, 0.05) is 0 Å². The van der Waals surface area contributed by atoms with E-state index >= 15 is 0 Å². The molecule has 0 aromatic heterocycles. The first-order valence-corrected chi connectivity index (χ1v) is 7.27. The fourth-order valence-electron chi connectivity index (χ4n) is 2.06. The van der Waals surface area contributed by atoms with Crippen LogP contribution in [0.15, 0.2) is 36.4 Å². The molecule has 130 valence electrons. The van der Waals surface area contributed by atoms with Crippen molar-refractivity contribution in [3.05, 3.63) is 58.1 Å². The molecule has 0 heterocycles. The Hall–Kier alpha value is -2.72. The highest BCUT2D eigenvalue weighted by atomic mass is 35.5. The van der Waals surface area contributed by atoms with Gasteiger partial charge in [-0.1, -0.05) is 11.6 Å². The van der Waals surface area contributed by atoms with Gasteiger partial charge in [0.15, 0.2) is 0 Å². The van der Waals surface area contributed by atoms with Gasteiger partial charge < -0.3 is 9.47 Å². The second kappa shape index (κ2) is 7.45. The summed E-state index contributed by atoms with van der Waals surface area (Å²) in [6, 6.07) is 8.90. The number of esters is 1. The zero-order chi connectivity index (χ0) is 18.6. The predicted octanol–water partition coefficient (Wildman–Crippen LogP) is 5.00. The van der Waals surface area contributed by atoms with Crippen molar-refractivity contribution >= 4 is 17.6 Å². The summed E-state index contributed by atoms with van der Waals surface area (Å²) >= 11 is 5.84. The largest absolute Gasteiger partial charge is 0.465 e. The fraction of sp³-hybridized carbons (Fsp3) is 0.176. The number of hydrogen-bond acceptors (Lipinski definition) is 4. The van der Waals surface area contributed by atoms with Gasteiger partial charge in [0.05, 0.1) is 35.7 Å². The van der Waals surface area contributed by atoms with Crippen molar-refractivity contribution in [1.82, 2.24) is 0 Å². The third-order valence-electron chi connectivity index (χ3n) is 3.24. The van der Waals surface area contributed by atoms with E-state index in [1.807, 2.05) is 6.07 Å². The third-order valence-corrected chi connectivity index (χ3v) is 3.53. The molecule has 0 saturated heterocycles. The Kier molecular flexibility index (Phi) is 5.55. The number of alkyl halides is 3. The summed E-state index contributed by atoms with van der Waals surface area (Å²) in [4.78, 5) is 11.7. The van der Waals surface area contributed by atoms with Crippen molar-refractivity contribution in [2.24, 2.45) is 0 Å².